The molecular formula is C11H11BrN2O2. The summed E-state index contributed by atoms with van der Waals surface area (Å²) in [6, 6.07) is 7.70. The van der Waals surface area contributed by atoms with Crippen molar-refractivity contribution in [3.8, 4) is 5.88 Å². The molecular weight excluding hydrogens is 272 g/mol. The van der Waals surface area contributed by atoms with Crippen LogP contribution in [0.2, 0.25) is 0 Å². The molecule has 2 aromatic rings. The fourth-order valence-electron chi connectivity index (χ4n) is 1.47. The van der Waals surface area contributed by atoms with Gasteiger partial charge in [-0.25, -0.2) is 4.79 Å². The van der Waals surface area contributed by atoms with E-state index >= 15 is 0 Å². The summed E-state index contributed by atoms with van der Waals surface area (Å²) in [4.78, 5) is 11.6. The molecule has 0 saturated heterocycles. The monoisotopic (exact) mass is 282 g/mol. The molecule has 5 heteroatoms. The van der Waals surface area contributed by atoms with Gasteiger partial charge in [-0.2, -0.15) is 0 Å². The lowest BCUT2D eigenvalue weighted by Crippen LogP contribution is -2.22. The van der Waals surface area contributed by atoms with Crippen LogP contribution in [0.4, 0.5) is 0 Å². The quantitative estimate of drug-likeness (QED) is 0.912. The SMILES string of the molecule is Cn1c(O)cn(Cc2ccc(Br)cc2)c1=O. The second kappa shape index (κ2) is 4.17. The van der Waals surface area contributed by atoms with Gasteiger partial charge >= 0.3 is 5.69 Å². The molecule has 0 aliphatic heterocycles. The van der Waals surface area contributed by atoms with E-state index in [1.807, 2.05) is 24.3 Å². The van der Waals surface area contributed by atoms with Crippen LogP contribution in [0.15, 0.2) is 39.7 Å². The lowest BCUT2D eigenvalue weighted by atomic mass is 10.2. The average molecular weight is 283 g/mol. The Morgan fingerprint density at radius 1 is 1.31 bits per heavy atom. The number of imidazole rings is 1. The highest BCUT2D eigenvalue weighted by Crippen LogP contribution is 2.12. The Hall–Kier alpha value is -1.49. The highest BCUT2D eigenvalue weighted by atomic mass is 79.9. The van der Waals surface area contributed by atoms with E-state index in [0.717, 1.165) is 10.0 Å². The third-order valence-corrected chi connectivity index (χ3v) is 2.94. The van der Waals surface area contributed by atoms with Gasteiger partial charge in [-0.1, -0.05) is 28.1 Å². The molecule has 0 radical (unpaired) electrons. The lowest BCUT2D eigenvalue weighted by Gasteiger charge is -2.01. The van der Waals surface area contributed by atoms with Crippen molar-refractivity contribution in [3.63, 3.8) is 0 Å². The minimum Gasteiger partial charge on any atom is -0.493 e. The lowest BCUT2D eigenvalue weighted by molar-refractivity contribution is 0.429. The second-order valence-corrected chi connectivity index (χ2v) is 4.50. The molecule has 0 amide bonds. The first-order valence-corrected chi connectivity index (χ1v) is 5.57. The average Bonchev–Trinajstić information content (AvgIpc) is 2.50. The highest BCUT2D eigenvalue weighted by Gasteiger charge is 2.06. The Morgan fingerprint density at radius 3 is 2.44 bits per heavy atom. The maximum Gasteiger partial charge on any atom is 0.331 e. The van der Waals surface area contributed by atoms with E-state index in [-0.39, 0.29) is 11.6 Å². The normalized spacial score (nSPS) is 10.6. The Kier molecular flexibility index (Phi) is 2.87. The minimum atomic E-state index is -0.222. The molecule has 1 heterocycles. The molecule has 0 unspecified atom stereocenters. The maximum absolute atomic E-state index is 11.6. The van der Waals surface area contributed by atoms with Crippen molar-refractivity contribution in [2.45, 2.75) is 6.54 Å². The van der Waals surface area contributed by atoms with Gasteiger partial charge in [-0.15, -0.1) is 0 Å². The first-order chi connectivity index (χ1) is 7.58. The minimum absolute atomic E-state index is 0.0258. The number of nitrogens with zero attached hydrogens (tertiary/aromatic N) is 2. The molecule has 0 atom stereocenters. The van der Waals surface area contributed by atoms with Crippen molar-refractivity contribution >= 4 is 15.9 Å². The molecule has 4 nitrogen and oxygen atoms in total. The zero-order valence-corrected chi connectivity index (χ0v) is 10.3. The van der Waals surface area contributed by atoms with E-state index in [2.05, 4.69) is 15.9 Å². The molecule has 84 valence electrons. The number of rotatable bonds is 2. The number of benzene rings is 1. The van der Waals surface area contributed by atoms with Gasteiger partial charge in [-0.05, 0) is 17.7 Å². The molecule has 0 bridgehead atoms. The van der Waals surface area contributed by atoms with Crippen LogP contribution in [0.1, 0.15) is 5.56 Å². The van der Waals surface area contributed by atoms with Gasteiger partial charge in [0.2, 0.25) is 5.88 Å². The number of halogens is 1. The standard InChI is InChI=1S/C11H11BrN2O2/c1-13-10(15)7-14(11(13)16)6-8-2-4-9(12)5-3-8/h2-5,7,15H,6H2,1H3. The predicted molar refractivity (Wildman–Crippen MR) is 64.6 cm³/mol. The molecule has 1 aromatic carbocycles. The van der Waals surface area contributed by atoms with Gasteiger partial charge < -0.3 is 5.11 Å². The molecule has 1 aromatic heterocycles. The predicted octanol–water partition coefficient (Wildman–Crippen LogP) is 1.70. The Balaban J connectivity index is 2.30. The fourth-order valence-corrected chi connectivity index (χ4v) is 1.74. The summed E-state index contributed by atoms with van der Waals surface area (Å²) in [7, 11) is 1.54. The van der Waals surface area contributed by atoms with Crippen LogP contribution in [0.5, 0.6) is 5.88 Å². The summed E-state index contributed by atoms with van der Waals surface area (Å²) in [6.07, 6.45) is 1.43. The van der Waals surface area contributed by atoms with Gasteiger partial charge in [0, 0.05) is 11.5 Å². The van der Waals surface area contributed by atoms with E-state index in [1.165, 1.54) is 22.4 Å². The van der Waals surface area contributed by atoms with E-state index in [4.69, 9.17) is 0 Å². The number of hydrogen-bond donors (Lipinski definition) is 1. The van der Waals surface area contributed by atoms with Gasteiger partial charge in [0.25, 0.3) is 0 Å². The first kappa shape index (κ1) is 11.0. The second-order valence-electron chi connectivity index (χ2n) is 3.58. The third kappa shape index (κ3) is 2.04. The summed E-state index contributed by atoms with van der Waals surface area (Å²) >= 11 is 3.35. The Labute approximate surface area is 101 Å². The summed E-state index contributed by atoms with van der Waals surface area (Å²) in [6.45, 7) is 0.459. The van der Waals surface area contributed by atoms with E-state index in [9.17, 15) is 9.90 Å². The number of aromatic nitrogens is 2. The first-order valence-electron chi connectivity index (χ1n) is 4.77. The largest absolute Gasteiger partial charge is 0.493 e. The van der Waals surface area contributed by atoms with Crippen molar-refractivity contribution in [2.75, 3.05) is 0 Å². The van der Waals surface area contributed by atoms with Crippen molar-refractivity contribution in [2.24, 2.45) is 7.05 Å². The van der Waals surface area contributed by atoms with Crippen LogP contribution in [0.3, 0.4) is 0 Å². The van der Waals surface area contributed by atoms with Gasteiger partial charge in [-0.3, -0.25) is 9.13 Å². The van der Waals surface area contributed by atoms with Crippen molar-refractivity contribution < 1.29 is 5.11 Å². The molecule has 0 aliphatic rings. The smallest absolute Gasteiger partial charge is 0.331 e. The molecule has 0 aliphatic carbocycles. The van der Waals surface area contributed by atoms with Crippen molar-refractivity contribution in [1.29, 1.82) is 0 Å². The van der Waals surface area contributed by atoms with Gasteiger partial charge in [0.05, 0.1) is 12.7 Å². The molecule has 0 saturated carbocycles. The molecule has 0 fully saturated rings. The number of hydrogen-bond acceptors (Lipinski definition) is 2. The molecule has 2 rings (SSSR count). The zero-order valence-electron chi connectivity index (χ0n) is 8.72. The van der Waals surface area contributed by atoms with E-state index < -0.39 is 0 Å². The molecule has 1 N–H and O–H groups in total. The van der Waals surface area contributed by atoms with Crippen LogP contribution >= 0.6 is 15.9 Å². The fraction of sp³-hybridized carbons (Fsp3) is 0.182. The summed E-state index contributed by atoms with van der Waals surface area (Å²) < 4.78 is 3.68. The maximum atomic E-state index is 11.6. The van der Waals surface area contributed by atoms with Crippen LogP contribution in [-0.2, 0) is 13.6 Å². The third-order valence-electron chi connectivity index (χ3n) is 2.41. The van der Waals surface area contributed by atoms with Crippen LogP contribution in [0, 0.1) is 0 Å². The van der Waals surface area contributed by atoms with Crippen LogP contribution < -0.4 is 5.69 Å². The summed E-state index contributed by atoms with van der Waals surface area (Å²) in [5, 5.41) is 9.38. The van der Waals surface area contributed by atoms with Crippen molar-refractivity contribution in [3.05, 3.63) is 51.0 Å². The van der Waals surface area contributed by atoms with E-state index in [1.54, 1.807) is 0 Å². The van der Waals surface area contributed by atoms with Crippen LogP contribution in [-0.4, -0.2) is 14.2 Å². The van der Waals surface area contributed by atoms with E-state index in [0.29, 0.717) is 6.54 Å². The Bertz CT molecular complexity index is 554. The van der Waals surface area contributed by atoms with Gasteiger partial charge in [0.1, 0.15) is 0 Å². The Morgan fingerprint density at radius 2 is 1.94 bits per heavy atom. The topological polar surface area (TPSA) is 47.2 Å². The highest BCUT2D eigenvalue weighted by molar-refractivity contribution is 9.10. The summed E-state index contributed by atoms with van der Waals surface area (Å²) in [5.41, 5.74) is 0.788. The van der Waals surface area contributed by atoms with Crippen LogP contribution in [0.25, 0.3) is 0 Å². The molecule has 0 spiro atoms. The van der Waals surface area contributed by atoms with Crippen molar-refractivity contribution in [1.82, 2.24) is 9.13 Å². The molecule has 16 heavy (non-hydrogen) atoms. The zero-order chi connectivity index (χ0) is 11.7. The van der Waals surface area contributed by atoms with Gasteiger partial charge in [0.15, 0.2) is 0 Å². The summed E-state index contributed by atoms with van der Waals surface area (Å²) in [5.74, 6) is -0.0258. The number of aromatic hydroxyl groups is 1.